The van der Waals surface area contributed by atoms with Gasteiger partial charge in [0.15, 0.2) is 11.4 Å². The number of hydrogen-bond acceptors (Lipinski definition) is 5. The minimum atomic E-state index is 0.604. The van der Waals surface area contributed by atoms with Gasteiger partial charge in [-0.3, -0.25) is 0 Å². The van der Waals surface area contributed by atoms with Gasteiger partial charge in [-0.05, 0) is 89.0 Å². The molecule has 0 atom stereocenters. The molecule has 0 saturated carbocycles. The van der Waals surface area contributed by atoms with Gasteiger partial charge in [-0.1, -0.05) is 133 Å². The Morgan fingerprint density at radius 1 is 0.344 bits per heavy atom. The van der Waals surface area contributed by atoms with E-state index in [2.05, 4.69) is 150 Å². The van der Waals surface area contributed by atoms with Gasteiger partial charge in [-0.15, -0.1) is 0 Å². The predicted molar refractivity (Wildman–Crippen MR) is 260 cm³/mol. The van der Waals surface area contributed by atoms with E-state index < -0.39 is 0 Å². The molecule has 298 valence electrons. The van der Waals surface area contributed by atoms with Crippen molar-refractivity contribution in [3.8, 4) is 50.6 Å². The van der Waals surface area contributed by atoms with Crippen LogP contribution < -0.4 is 0 Å². The molecule has 0 N–H and O–H groups in total. The van der Waals surface area contributed by atoms with Crippen LogP contribution in [0, 0.1) is 0 Å². The molecule has 14 rings (SSSR count). The molecule has 0 saturated heterocycles. The van der Waals surface area contributed by atoms with Gasteiger partial charge < -0.3 is 17.8 Å². The van der Waals surface area contributed by atoms with E-state index >= 15 is 0 Å². The van der Waals surface area contributed by atoms with E-state index in [9.17, 15) is 0 Å². The summed E-state index contributed by atoms with van der Waals surface area (Å²) in [4.78, 5) is 10.6. The third-order valence-electron chi connectivity index (χ3n) is 12.8. The molecule has 9 aromatic carbocycles. The van der Waals surface area contributed by atoms with Crippen LogP contribution in [0.3, 0.4) is 0 Å². The van der Waals surface area contributed by atoms with Crippen LogP contribution in [0.1, 0.15) is 0 Å². The van der Waals surface area contributed by atoms with Gasteiger partial charge in [0.2, 0.25) is 0 Å². The summed E-state index contributed by atoms with van der Waals surface area (Å²) in [7, 11) is 0. The Morgan fingerprint density at radius 2 is 0.922 bits per heavy atom. The third-order valence-corrected chi connectivity index (χ3v) is 12.8. The van der Waals surface area contributed by atoms with Crippen molar-refractivity contribution in [2.45, 2.75) is 0 Å². The standard InChI is InChI=1S/C58H33N3O3/c1-3-13-34(14-4-1)36-26-30-50-44(33-36)56-57(64-50)55(35-15-5-2-6-16-35)59-58(60-56)41-19-11-23-51-53(41)43-32-38(27-29-49(43)63-51)37-25-28-46-42(31-37)39-17-7-9-20-45(39)61(46)47-21-12-24-52-54(47)40-18-8-10-22-48(40)62-52/h1-33H. The molecule has 5 aromatic heterocycles. The topological polar surface area (TPSA) is 70.1 Å². The molecular formula is C58H33N3O3. The second-order valence-corrected chi connectivity index (χ2v) is 16.4. The van der Waals surface area contributed by atoms with Gasteiger partial charge in [-0.2, -0.15) is 0 Å². The molecule has 0 fully saturated rings. The van der Waals surface area contributed by atoms with Crippen LogP contribution in [-0.4, -0.2) is 14.5 Å². The molecule has 0 spiro atoms. The minimum absolute atomic E-state index is 0.604. The summed E-state index contributed by atoms with van der Waals surface area (Å²) in [6.07, 6.45) is 0. The summed E-state index contributed by atoms with van der Waals surface area (Å²) in [5, 5.41) is 7.48. The Hall–Kier alpha value is -8.74. The monoisotopic (exact) mass is 819 g/mol. The zero-order valence-electron chi connectivity index (χ0n) is 34.1. The molecule has 0 aliphatic carbocycles. The number of nitrogens with zero attached hydrogens (tertiary/aromatic N) is 3. The van der Waals surface area contributed by atoms with E-state index in [4.69, 9.17) is 23.2 Å². The lowest BCUT2D eigenvalue weighted by Gasteiger charge is -2.10. The minimum Gasteiger partial charge on any atom is -0.456 e. The van der Waals surface area contributed by atoms with Crippen molar-refractivity contribution in [2.75, 3.05) is 0 Å². The van der Waals surface area contributed by atoms with Gasteiger partial charge in [0.05, 0.1) is 22.1 Å². The zero-order chi connectivity index (χ0) is 41.9. The number of rotatable bonds is 5. The van der Waals surface area contributed by atoms with Crippen molar-refractivity contribution in [3.05, 3.63) is 200 Å². The highest BCUT2D eigenvalue weighted by atomic mass is 16.3. The van der Waals surface area contributed by atoms with Crippen molar-refractivity contribution < 1.29 is 13.3 Å². The van der Waals surface area contributed by atoms with Gasteiger partial charge in [0.1, 0.15) is 39.1 Å². The van der Waals surface area contributed by atoms with E-state index in [1.54, 1.807) is 0 Å². The Labute approximate surface area is 364 Å². The van der Waals surface area contributed by atoms with Gasteiger partial charge >= 0.3 is 0 Å². The summed E-state index contributed by atoms with van der Waals surface area (Å²) in [6.45, 7) is 0. The maximum absolute atomic E-state index is 6.59. The van der Waals surface area contributed by atoms with Crippen LogP contribution in [-0.2, 0) is 0 Å². The summed E-state index contributed by atoms with van der Waals surface area (Å²) >= 11 is 0. The Balaban J connectivity index is 0.958. The average molecular weight is 820 g/mol. The molecule has 64 heavy (non-hydrogen) atoms. The molecule has 0 aliphatic heterocycles. The van der Waals surface area contributed by atoms with E-state index in [0.29, 0.717) is 11.4 Å². The SMILES string of the molecule is c1ccc(-c2ccc3oc4c(-c5ccccc5)nc(-c5cccc6oc7ccc(-c8ccc9c(c8)c8ccccc8n9-c8cccc9oc%10ccccc%10c89)cc7c56)nc4c3c2)cc1. The van der Waals surface area contributed by atoms with Crippen LogP contribution in [0.2, 0.25) is 0 Å². The number of benzene rings is 9. The quantitative estimate of drug-likeness (QED) is 0.173. The average Bonchev–Trinajstić information content (AvgIpc) is 4.12. The lowest BCUT2D eigenvalue weighted by Crippen LogP contribution is -1.94. The fraction of sp³-hybridized carbons (Fsp3) is 0. The van der Waals surface area contributed by atoms with Crippen molar-refractivity contribution in [2.24, 2.45) is 0 Å². The normalized spacial score (nSPS) is 12.1. The molecular weight excluding hydrogens is 787 g/mol. The van der Waals surface area contributed by atoms with Crippen molar-refractivity contribution in [3.63, 3.8) is 0 Å². The second-order valence-electron chi connectivity index (χ2n) is 16.4. The fourth-order valence-electron chi connectivity index (χ4n) is 9.91. The van der Waals surface area contributed by atoms with Crippen LogP contribution in [0.4, 0.5) is 0 Å². The third kappa shape index (κ3) is 5.14. The highest BCUT2D eigenvalue weighted by molar-refractivity contribution is 6.17. The second kappa shape index (κ2) is 13.4. The first kappa shape index (κ1) is 34.9. The molecule has 6 nitrogen and oxygen atoms in total. The molecule has 14 aromatic rings. The first-order chi connectivity index (χ1) is 31.7. The highest BCUT2D eigenvalue weighted by Crippen LogP contribution is 2.43. The molecule has 5 heterocycles. The fourth-order valence-corrected chi connectivity index (χ4v) is 9.91. The molecule has 0 amide bonds. The summed E-state index contributed by atoms with van der Waals surface area (Å²) in [5.74, 6) is 0.604. The van der Waals surface area contributed by atoms with Crippen LogP contribution in [0.15, 0.2) is 213 Å². The lowest BCUT2D eigenvalue weighted by atomic mass is 9.99. The first-order valence-electron chi connectivity index (χ1n) is 21.5. The van der Waals surface area contributed by atoms with Gasteiger partial charge in [0.25, 0.3) is 0 Å². The number of fused-ring (bicyclic) bond motifs is 12. The highest BCUT2D eigenvalue weighted by Gasteiger charge is 2.23. The number of hydrogen-bond donors (Lipinski definition) is 0. The van der Waals surface area contributed by atoms with Crippen molar-refractivity contribution in [1.82, 2.24) is 14.5 Å². The summed E-state index contributed by atoms with van der Waals surface area (Å²) < 4.78 is 21.9. The van der Waals surface area contributed by atoms with Crippen LogP contribution >= 0.6 is 0 Å². The van der Waals surface area contributed by atoms with Crippen LogP contribution in [0.25, 0.3) is 138 Å². The van der Waals surface area contributed by atoms with E-state index in [0.717, 1.165) is 116 Å². The van der Waals surface area contributed by atoms with Crippen LogP contribution in [0.5, 0.6) is 0 Å². The summed E-state index contributed by atoms with van der Waals surface area (Å²) in [6, 6.07) is 69.7. The van der Waals surface area contributed by atoms with E-state index in [1.165, 1.54) is 10.8 Å². The Kier molecular flexibility index (Phi) is 7.30. The number of furan rings is 3. The zero-order valence-corrected chi connectivity index (χ0v) is 34.1. The first-order valence-corrected chi connectivity index (χ1v) is 21.5. The van der Waals surface area contributed by atoms with Crippen molar-refractivity contribution in [1.29, 1.82) is 0 Å². The van der Waals surface area contributed by atoms with E-state index in [-0.39, 0.29) is 0 Å². The number of aromatic nitrogens is 3. The maximum Gasteiger partial charge on any atom is 0.180 e. The summed E-state index contributed by atoms with van der Waals surface area (Å²) in [5.41, 5.74) is 15.9. The molecule has 0 aliphatic rings. The Morgan fingerprint density at radius 3 is 1.73 bits per heavy atom. The molecule has 0 radical (unpaired) electrons. The largest absolute Gasteiger partial charge is 0.456 e. The number of para-hydroxylation sites is 2. The van der Waals surface area contributed by atoms with Gasteiger partial charge in [-0.25, -0.2) is 9.97 Å². The Bertz CT molecular complexity index is 4190. The lowest BCUT2D eigenvalue weighted by molar-refractivity contribution is 0.667. The van der Waals surface area contributed by atoms with Crippen molar-refractivity contribution >= 4 is 87.8 Å². The predicted octanol–water partition coefficient (Wildman–Crippen LogP) is 15.9. The maximum atomic E-state index is 6.59. The molecule has 0 bridgehead atoms. The smallest absolute Gasteiger partial charge is 0.180 e. The molecule has 6 heteroatoms. The molecule has 0 unspecified atom stereocenters. The van der Waals surface area contributed by atoms with E-state index in [1.807, 2.05) is 54.6 Å². The van der Waals surface area contributed by atoms with Gasteiger partial charge in [0, 0.05) is 43.4 Å².